The van der Waals surface area contributed by atoms with Gasteiger partial charge in [-0.05, 0) is 48.7 Å². The number of hydrogen-bond acceptors (Lipinski definition) is 3. The molecule has 0 aromatic heterocycles. The van der Waals surface area contributed by atoms with Crippen molar-refractivity contribution in [3.05, 3.63) is 64.7 Å². The summed E-state index contributed by atoms with van der Waals surface area (Å²) in [5.74, 6) is 0.137. The quantitative estimate of drug-likeness (QED) is 0.741. The number of amides is 2. The third-order valence-electron chi connectivity index (χ3n) is 5.83. The van der Waals surface area contributed by atoms with Crippen LogP contribution in [0.3, 0.4) is 0 Å². The predicted molar refractivity (Wildman–Crippen MR) is 109 cm³/mol. The fourth-order valence-corrected chi connectivity index (χ4v) is 4.05. The average Bonchev–Trinajstić information content (AvgIpc) is 2.70. The summed E-state index contributed by atoms with van der Waals surface area (Å²) in [6.07, 6.45) is -3.94. The fourth-order valence-electron chi connectivity index (χ4n) is 3.92. The van der Waals surface area contributed by atoms with E-state index in [-0.39, 0.29) is 17.9 Å². The molecule has 0 aliphatic carbocycles. The molecule has 2 saturated heterocycles. The minimum absolute atomic E-state index is 0.137. The molecule has 0 unspecified atom stereocenters. The second-order valence-electron chi connectivity index (χ2n) is 7.98. The molecular weight excluding hydrogens is 433 g/mol. The zero-order valence-corrected chi connectivity index (χ0v) is 17.4. The molecule has 31 heavy (non-hydrogen) atoms. The third kappa shape index (κ3) is 4.75. The number of carbonyl (C=O) groups excluding carboxylic acids is 1. The van der Waals surface area contributed by atoms with Crippen molar-refractivity contribution in [3.8, 4) is 5.75 Å². The van der Waals surface area contributed by atoms with Crippen LogP contribution < -0.4 is 4.74 Å². The molecule has 1 N–H and O–H groups in total. The normalized spacial score (nSPS) is 19.1. The standard InChI is InChI=1S/C22H22ClF3N2O3/c23-17-6-4-15(5-7-17)21(30)8-10-27(11-9-21)20(29)28-13-19(14-28)31-18-3-1-2-16(12-18)22(24,25)26/h1-7,12,19,30H,8-11,13-14H2. The monoisotopic (exact) mass is 454 g/mol. The summed E-state index contributed by atoms with van der Waals surface area (Å²) in [5, 5.41) is 11.5. The van der Waals surface area contributed by atoms with Crippen molar-refractivity contribution < 1.29 is 27.8 Å². The van der Waals surface area contributed by atoms with Crippen molar-refractivity contribution in [2.75, 3.05) is 26.2 Å². The molecule has 0 saturated carbocycles. The Kier molecular flexibility index (Phi) is 5.79. The van der Waals surface area contributed by atoms with Crippen LogP contribution in [0.2, 0.25) is 5.02 Å². The first kappa shape index (κ1) is 21.8. The summed E-state index contributed by atoms with van der Waals surface area (Å²) in [5.41, 5.74) is -0.980. The lowest BCUT2D eigenvalue weighted by Crippen LogP contribution is -2.61. The van der Waals surface area contributed by atoms with Gasteiger partial charge in [0.25, 0.3) is 0 Å². The van der Waals surface area contributed by atoms with Crippen LogP contribution in [-0.4, -0.2) is 53.2 Å². The van der Waals surface area contributed by atoms with E-state index in [4.69, 9.17) is 16.3 Å². The molecule has 2 aliphatic rings. The molecule has 0 spiro atoms. The number of aliphatic hydroxyl groups is 1. The van der Waals surface area contributed by atoms with Gasteiger partial charge in [0.15, 0.2) is 0 Å². The third-order valence-corrected chi connectivity index (χ3v) is 6.08. The van der Waals surface area contributed by atoms with Gasteiger partial charge in [0.1, 0.15) is 11.9 Å². The van der Waals surface area contributed by atoms with Crippen molar-refractivity contribution >= 4 is 17.6 Å². The summed E-state index contributed by atoms with van der Waals surface area (Å²) < 4.78 is 44.0. The molecule has 2 aromatic rings. The van der Waals surface area contributed by atoms with Crippen LogP contribution in [0, 0.1) is 0 Å². The summed E-state index contributed by atoms with van der Waals surface area (Å²) in [6.45, 7) is 1.45. The number of piperidine rings is 1. The van der Waals surface area contributed by atoms with Gasteiger partial charge < -0.3 is 19.6 Å². The maximum Gasteiger partial charge on any atom is 0.416 e. The summed E-state index contributed by atoms with van der Waals surface area (Å²) in [4.78, 5) is 16.0. The molecule has 4 rings (SSSR count). The van der Waals surface area contributed by atoms with Crippen LogP contribution in [0.5, 0.6) is 5.75 Å². The van der Waals surface area contributed by atoms with Gasteiger partial charge in [0, 0.05) is 18.1 Å². The first-order valence-corrected chi connectivity index (χ1v) is 10.4. The van der Waals surface area contributed by atoms with Crippen molar-refractivity contribution in [2.45, 2.75) is 30.7 Å². The van der Waals surface area contributed by atoms with E-state index in [1.165, 1.54) is 12.1 Å². The largest absolute Gasteiger partial charge is 0.487 e. The predicted octanol–water partition coefficient (Wildman–Crippen LogP) is 4.53. The Morgan fingerprint density at radius 1 is 1.06 bits per heavy atom. The van der Waals surface area contributed by atoms with Crippen LogP contribution in [0.25, 0.3) is 0 Å². The number of benzene rings is 2. The van der Waals surface area contributed by atoms with Crippen molar-refractivity contribution in [1.29, 1.82) is 0 Å². The first-order valence-electron chi connectivity index (χ1n) is 10.0. The Hall–Kier alpha value is -2.45. The smallest absolute Gasteiger partial charge is 0.416 e. The molecule has 5 nitrogen and oxygen atoms in total. The van der Waals surface area contributed by atoms with E-state index >= 15 is 0 Å². The molecule has 2 aliphatic heterocycles. The highest BCUT2D eigenvalue weighted by molar-refractivity contribution is 6.30. The second-order valence-corrected chi connectivity index (χ2v) is 8.41. The topological polar surface area (TPSA) is 53.0 Å². The van der Waals surface area contributed by atoms with E-state index in [9.17, 15) is 23.1 Å². The van der Waals surface area contributed by atoms with Crippen molar-refractivity contribution in [2.24, 2.45) is 0 Å². The van der Waals surface area contributed by atoms with Crippen LogP contribution >= 0.6 is 11.6 Å². The van der Waals surface area contributed by atoms with Gasteiger partial charge in [0.2, 0.25) is 0 Å². The maximum atomic E-state index is 12.8. The molecule has 0 radical (unpaired) electrons. The number of halogens is 4. The minimum atomic E-state index is -4.43. The first-order chi connectivity index (χ1) is 14.6. The van der Waals surface area contributed by atoms with Gasteiger partial charge in [0.05, 0.1) is 24.3 Å². The summed E-state index contributed by atoms with van der Waals surface area (Å²) in [7, 11) is 0. The Morgan fingerprint density at radius 2 is 1.71 bits per heavy atom. The maximum absolute atomic E-state index is 12.8. The molecule has 0 atom stereocenters. The SMILES string of the molecule is O=C(N1CCC(O)(c2ccc(Cl)cc2)CC1)N1CC(Oc2cccc(C(F)(F)F)c2)C1. The highest BCUT2D eigenvalue weighted by Gasteiger charge is 2.40. The highest BCUT2D eigenvalue weighted by Crippen LogP contribution is 2.35. The summed E-state index contributed by atoms with van der Waals surface area (Å²) in [6, 6.07) is 11.6. The van der Waals surface area contributed by atoms with Crippen LogP contribution in [-0.2, 0) is 11.8 Å². The Bertz CT molecular complexity index is 938. The number of rotatable bonds is 3. The number of carbonyl (C=O) groups is 1. The number of likely N-dealkylation sites (tertiary alicyclic amines) is 2. The number of ether oxygens (including phenoxy) is 1. The zero-order valence-electron chi connectivity index (χ0n) is 16.6. The van der Waals surface area contributed by atoms with Gasteiger partial charge in [-0.3, -0.25) is 0 Å². The molecular formula is C22H22ClF3N2O3. The van der Waals surface area contributed by atoms with E-state index < -0.39 is 17.3 Å². The molecule has 9 heteroatoms. The molecule has 2 aromatic carbocycles. The molecule has 2 heterocycles. The van der Waals surface area contributed by atoms with E-state index in [1.54, 1.807) is 34.1 Å². The average molecular weight is 455 g/mol. The molecule has 2 fully saturated rings. The van der Waals surface area contributed by atoms with Gasteiger partial charge in [-0.2, -0.15) is 13.2 Å². The molecule has 0 bridgehead atoms. The summed E-state index contributed by atoms with van der Waals surface area (Å²) >= 11 is 5.91. The van der Waals surface area contributed by atoms with Crippen LogP contribution in [0.1, 0.15) is 24.0 Å². The lowest BCUT2D eigenvalue weighted by molar-refractivity contribution is -0.137. The van der Waals surface area contributed by atoms with Gasteiger partial charge in [-0.15, -0.1) is 0 Å². The van der Waals surface area contributed by atoms with Crippen molar-refractivity contribution in [3.63, 3.8) is 0 Å². The molecule has 166 valence electrons. The number of alkyl halides is 3. The Labute approximate surface area is 183 Å². The zero-order chi connectivity index (χ0) is 22.2. The van der Waals surface area contributed by atoms with Gasteiger partial charge in [-0.1, -0.05) is 29.8 Å². The van der Waals surface area contributed by atoms with E-state index in [2.05, 4.69) is 0 Å². The van der Waals surface area contributed by atoms with Crippen molar-refractivity contribution in [1.82, 2.24) is 9.80 Å². The Morgan fingerprint density at radius 3 is 2.32 bits per heavy atom. The Balaban J connectivity index is 1.27. The second kappa shape index (κ2) is 8.24. The van der Waals surface area contributed by atoms with E-state index in [0.29, 0.717) is 44.0 Å². The van der Waals surface area contributed by atoms with Gasteiger partial charge >= 0.3 is 12.2 Å². The minimum Gasteiger partial charge on any atom is -0.487 e. The lowest BCUT2D eigenvalue weighted by atomic mass is 9.84. The number of urea groups is 1. The fraction of sp³-hybridized carbons (Fsp3) is 0.409. The number of nitrogens with zero attached hydrogens (tertiary/aromatic N) is 2. The molecule has 2 amide bonds. The van der Waals surface area contributed by atoms with Crippen LogP contribution in [0.15, 0.2) is 48.5 Å². The van der Waals surface area contributed by atoms with E-state index in [1.807, 2.05) is 0 Å². The number of hydrogen-bond donors (Lipinski definition) is 1. The lowest BCUT2D eigenvalue weighted by Gasteiger charge is -2.44. The van der Waals surface area contributed by atoms with E-state index in [0.717, 1.165) is 17.7 Å². The van der Waals surface area contributed by atoms with Gasteiger partial charge in [-0.25, -0.2) is 4.79 Å². The van der Waals surface area contributed by atoms with Crippen LogP contribution in [0.4, 0.5) is 18.0 Å². The highest BCUT2D eigenvalue weighted by atomic mass is 35.5.